The van der Waals surface area contributed by atoms with E-state index >= 15 is 0 Å². The summed E-state index contributed by atoms with van der Waals surface area (Å²) in [6.45, 7) is 2.04. The van der Waals surface area contributed by atoms with Crippen LogP contribution in [0.1, 0.15) is 31.4 Å². The molecule has 74 valence electrons. The van der Waals surface area contributed by atoms with E-state index in [2.05, 4.69) is 0 Å². The van der Waals surface area contributed by atoms with Gasteiger partial charge in [0.05, 0.1) is 0 Å². The fourth-order valence-electron chi connectivity index (χ4n) is 1.24. The van der Waals surface area contributed by atoms with E-state index in [-0.39, 0.29) is 24.3 Å². The second-order valence-electron chi connectivity index (χ2n) is 2.92. The van der Waals surface area contributed by atoms with Crippen LogP contribution in [0.3, 0.4) is 0 Å². The third kappa shape index (κ3) is 3.33. The summed E-state index contributed by atoms with van der Waals surface area (Å²) in [5.41, 5.74) is 6.39. The zero-order valence-corrected chi connectivity index (χ0v) is 8.48. The van der Waals surface area contributed by atoms with E-state index < -0.39 is 0 Å². The molecule has 1 aromatic rings. The van der Waals surface area contributed by atoms with Crippen molar-refractivity contribution >= 4 is 12.4 Å². The molecule has 0 saturated carbocycles. The Morgan fingerprint density at radius 1 is 1.38 bits per heavy atom. The maximum absolute atomic E-state index is 13.1. The van der Waals surface area contributed by atoms with Gasteiger partial charge < -0.3 is 5.73 Å². The van der Waals surface area contributed by atoms with Gasteiger partial charge in [-0.1, -0.05) is 31.5 Å². The fraction of sp³-hybridized carbons (Fsp3) is 0.400. The molecule has 0 aliphatic carbocycles. The average molecular weight is 204 g/mol. The highest BCUT2D eigenvalue weighted by Gasteiger charge is 2.08. The Bertz CT molecular complexity index is 252. The lowest BCUT2D eigenvalue weighted by Gasteiger charge is -2.10. The lowest BCUT2D eigenvalue weighted by molar-refractivity contribution is 0.560. The molecule has 0 spiro atoms. The molecule has 1 atom stereocenters. The molecular weight excluding hydrogens is 189 g/mol. The molecule has 1 unspecified atom stereocenters. The van der Waals surface area contributed by atoms with Crippen LogP contribution in [0.4, 0.5) is 4.39 Å². The largest absolute Gasteiger partial charge is 0.324 e. The van der Waals surface area contributed by atoms with Crippen molar-refractivity contribution in [2.45, 2.75) is 25.8 Å². The molecule has 0 amide bonds. The van der Waals surface area contributed by atoms with Gasteiger partial charge in [-0.3, -0.25) is 0 Å². The van der Waals surface area contributed by atoms with Gasteiger partial charge in [0.1, 0.15) is 5.82 Å². The number of hydrogen-bond donors (Lipinski definition) is 1. The highest BCUT2D eigenvalue weighted by Crippen LogP contribution is 2.18. The van der Waals surface area contributed by atoms with Crippen LogP contribution in [-0.4, -0.2) is 0 Å². The SMILES string of the molecule is CCCC(N)c1ccccc1F.Cl. The second kappa shape index (κ2) is 5.95. The van der Waals surface area contributed by atoms with Crippen molar-refractivity contribution in [2.75, 3.05) is 0 Å². The van der Waals surface area contributed by atoms with Crippen molar-refractivity contribution in [3.8, 4) is 0 Å². The first-order valence-electron chi connectivity index (χ1n) is 4.25. The monoisotopic (exact) mass is 203 g/mol. The summed E-state index contributed by atoms with van der Waals surface area (Å²) >= 11 is 0. The molecule has 0 aromatic heterocycles. The number of hydrogen-bond acceptors (Lipinski definition) is 1. The average Bonchev–Trinajstić information content (AvgIpc) is 2.05. The zero-order valence-electron chi connectivity index (χ0n) is 7.66. The fourth-order valence-corrected chi connectivity index (χ4v) is 1.24. The van der Waals surface area contributed by atoms with Crippen molar-refractivity contribution in [2.24, 2.45) is 5.73 Å². The van der Waals surface area contributed by atoms with E-state index in [1.54, 1.807) is 12.1 Å². The highest BCUT2D eigenvalue weighted by atomic mass is 35.5. The molecular formula is C10H15ClFN. The van der Waals surface area contributed by atoms with E-state index in [0.29, 0.717) is 5.56 Å². The Morgan fingerprint density at radius 3 is 2.54 bits per heavy atom. The van der Waals surface area contributed by atoms with Gasteiger partial charge in [0.25, 0.3) is 0 Å². The topological polar surface area (TPSA) is 26.0 Å². The summed E-state index contributed by atoms with van der Waals surface area (Å²) in [5, 5.41) is 0. The highest BCUT2D eigenvalue weighted by molar-refractivity contribution is 5.85. The summed E-state index contributed by atoms with van der Waals surface area (Å²) in [7, 11) is 0. The third-order valence-corrected chi connectivity index (χ3v) is 1.90. The molecule has 1 aromatic carbocycles. The minimum absolute atomic E-state index is 0. The molecule has 0 heterocycles. The van der Waals surface area contributed by atoms with E-state index in [9.17, 15) is 4.39 Å². The van der Waals surface area contributed by atoms with Crippen LogP contribution >= 0.6 is 12.4 Å². The van der Waals surface area contributed by atoms with Gasteiger partial charge >= 0.3 is 0 Å². The Balaban J connectivity index is 0.00000144. The van der Waals surface area contributed by atoms with Crippen molar-refractivity contribution in [3.63, 3.8) is 0 Å². The summed E-state index contributed by atoms with van der Waals surface area (Å²) < 4.78 is 13.1. The summed E-state index contributed by atoms with van der Waals surface area (Å²) in [4.78, 5) is 0. The van der Waals surface area contributed by atoms with Crippen molar-refractivity contribution in [1.29, 1.82) is 0 Å². The smallest absolute Gasteiger partial charge is 0.127 e. The normalized spacial score (nSPS) is 11.9. The molecule has 0 saturated heterocycles. The van der Waals surface area contributed by atoms with Gasteiger partial charge in [-0.25, -0.2) is 4.39 Å². The van der Waals surface area contributed by atoms with E-state index in [1.807, 2.05) is 13.0 Å². The predicted octanol–water partition coefficient (Wildman–Crippen LogP) is 3.05. The lowest BCUT2D eigenvalue weighted by Crippen LogP contribution is -2.11. The summed E-state index contributed by atoms with van der Waals surface area (Å²) in [6, 6.07) is 6.53. The number of nitrogens with two attached hydrogens (primary N) is 1. The Hall–Kier alpha value is -0.600. The van der Waals surface area contributed by atoms with Crippen LogP contribution in [0.5, 0.6) is 0 Å². The van der Waals surface area contributed by atoms with E-state index in [4.69, 9.17) is 5.73 Å². The van der Waals surface area contributed by atoms with Crippen LogP contribution in [-0.2, 0) is 0 Å². The maximum atomic E-state index is 13.1. The summed E-state index contributed by atoms with van der Waals surface area (Å²) in [6.07, 6.45) is 1.82. The molecule has 0 fully saturated rings. The maximum Gasteiger partial charge on any atom is 0.127 e. The Kier molecular flexibility index (Phi) is 5.67. The molecule has 2 N–H and O–H groups in total. The van der Waals surface area contributed by atoms with Gasteiger partial charge in [-0.05, 0) is 12.5 Å². The van der Waals surface area contributed by atoms with Crippen LogP contribution < -0.4 is 5.73 Å². The summed E-state index contributed by atoms with van der Waals surface area (Å²) in [5.74, 6) is -0.196. The molecule has 3 heteroatoms. The quantitative estimate of drug-likeness (QED) is 0.803. The Labute approximate surface area is 84.5 Å². The molecule has 0 aliphatic heterocycles. The first-order chi connectivity index (χ1) is 5.75. The molecule has 1 nitrogen and oxygen atoms in total. The molecule has 1 rings (SSSR count). The zero-order chi connectivity index (χ0) is 8.97. The minimum Gasteiger partial charge on any atom is -0.324 e. The lowest BCUT2D eigenvalue weighted by atomic mass is 10.0. The van der Waals surface area contributed by atoms with Crippen LogP contribution in [0.15, 0.2) is 24.3 Å². The number of benzene rings is 1. The second-order valence-corrected chi connectivity index (χ2v) is 2.92. The van der Waals surface area contributed by atoms with Gasteiger partial charge in [-0.15, -0.1) is 12.4 Å². The van der Waals surface area contributed by atoms with Crippen LogP contribution in [0.2, 0.25) is 0 Å². The molecule has 0 radical (unpaired) electrons. The van der Waals surface area contributed by atoms with Crippen molar-refractivity contribution < 1.29 is 4.39 Å². The first-order valence-corrected chi connectivity index (χ1v) is 4.25. The van der Waals surface area contributed by atoms with Gasteiger partial charge in [0.2, 0.25) is 0 Å². The Morgan fingerprint density at radius 2 is 2.00 bits per heavy atom. The number of halogens is 2. The van der Waals surface area contributed by atoms with Crippen molar-refractivity contribution in [3.05, 3.63) is 35.6 Å². The minimum atomic E-state index is -0.196. The van der Waals surface area contributed by atoms with E-state index in [1.165, 1.54) is 6.07 Å². The van der Waals surface area contributed by atoms with Gasteiger partial charge in [-0.2, -0.15) is 0 Å². The molecule has 0 aliphatic rings. The molecule has 0 bridgehead atoms. The van der Waals surface area contributed by atoms with Gasteiger partial charge in [0, 0.05) is 11.6 Å². The molecule has 13 heavy (non-hydrogen) atoms. The van der Waals surface area contributed by atoms with Crippen LogP contribution in [0.25, 0.3) is 0 Å². The van der Waals surface area contributed by atoms with Gasteiger partial charge in [0.15, 0.2) is 0 Å². The standard InChI is InChI=1S/C10H14FN.ClH/c1-2-5-10(12)8-6-3-4-7-9(8)11;/h3-4,6-7,10H,2,5,12H2,1H3;1H. The van der Waals surface area contributed by atoms with Crippen LogP contribution in [0, 0.1) is 5.82 Å². The van der Waals surface area contributed by atoms with Crippen molar-refractivity contribution in [1.82, 2.24) is 0 Å². The van der Waals surface area contributed by atoms with E-state index in [0.717, 1.165) is 12.8 Å². The number of rotatable bonds is 3. The third-order valence-electron chi connectivity index (χ3n) is 1.90. The first kappa shape index (κ1) is 12.4. The predicted molar refractivity (Wildman–Crippen MR) is 55.5 cm³/mol.